The molecule has 0 bridgehead atoms. The zero-order valence-electron chi connectivity index (χ0n) is 16.6. The van der Waals surface area contributed by atoms with Crippen LogP contribution in [0.2, 0.25) is 0 Å². The molecule has 3 aromatic rings. The Labute approximate surface area is 182 Å². The maximum absolute atomic E-state index is 13.6. The van der Waals surface area contributed by atoms with Crippen molar-refractivity contribution in [3.8, 4) is 0 Å². The lowest BCUT2D eigenvalue weighted by molar-refractivity contribution is -0.130. The Morgan fingerprint density at radius 3 is 2.10 bits per heavy atom. The Balaban J connectivity index is 1.79. The van der Waals surface area contributed by atoms with Crippen LogP contribution in [0.15, 0.2) is 94.7 Å². The Hall–Kier alpha value is -2.57. The number of nitrogens with zero attached hydrogens (tertiary/aromatic N) is 1. The summed E-state index contributed by atoms with van der Waals surface area (Å²) in [7, 11) is -3.98. The highest BCUT2D eigenvalue weighted by Gasteiger charge is 2.44. The minimum Gasteiger partial charge on any atom is -0.274 e. The molecular weight excluding hydrogens is 414 g/mol. The van der Waals surface area contributed by atoms with E-state index in [0.717, 1.165) is 20.3 Å². The van der Waals surface area contributed by atoms with Crippen LogP contribution >= 0.6 is 11.8 Å². The first-order valence-electron chi connectivity index (χ1n) is 9.87. The van der Waals surface area contributed by atoms with Crippen LogP contribution in [0.3, 0.4) is 0 Å². The molecule has 0 aromatic heterocycles. The van der Waals surface area contributed by atoms with Crippen molar-refractivity contribution in [3.63, 3.8) is 0 Å². The average molecular weight is 438 g/mol. The summed E-state index contributed by atoms with van der Waals surface area (Å²) in [5.41, 5.74) is 1.80. The number of carbonyl (C=O) groups is 1. The molecule has 0 saturated carbocycles. The Morgan fingerprint density at radius 1 is 0.867 bits per heavy atom. The van der Waals surface area contributed by atoms with Gasteiger partial charge < -0.3 is 0 Å². The second kappa shape index (κ2) is 8.66. The summed E-state index contributed by atoms with van der Waals surface area (Å²) >= 11 is 1.63. The van der Waals surface area contributed by atoms with Crippen LogP contribution in [0.25, 0.3) is 0 Å². The molecule has 30 heavy (non-hydrogen) atoms. The lowest BCUT2D eigenvalue weighted by atomic mass is 9.96. The van der Waals surface area contributed by atoms with E-state index in [1.165, 1.54) is 0 Å². The second-order valence-corrected chi connectivity index (χ2v) is 10.5. The van der Waals surface area contributed by atoms with Gasteiger partial charge in [0.15, 0.2) is 0 Å². The van der Waals surface area contributed by atoms with Gasteiger partial charge in [0.1, 0.15) is 0 Å². The molecule has 0 aliphatic carbocycles. The van der Waals surface area contributed by atoms with E-state index >= 15 is 0 Å². The first-order valence-corrected chi connectivity index (χ1v) is 12.2. The molecule has 1 aliphatic heterocycles. The van der Waals surface area contributed by atoms with Gasteiger partial charge >= 0.3 is 0 Å². The molecule has 0 N–H and O–H groups in total. The van der Waals surface area contributed by atoms with Crippen molar-refractivity contribution in [1.82, 2.24) is 4.31 Å². The lowest BCUT2D eigenvalue weighted by Gasteiger charge is -2.40. The third-order valence-corrected chi connectivity index (χ3v) is 8.40. The van der Waals surface area contributed by atoms with Gasteiger partial charge in [-0.05, 0) is 43.2 Å². The van der Waals surface area contributed by atoms with Crippen molar-refractivity contribution in [3.05, 3.63) is 96.1 Å². The summed E-state index contributed by atoms with van der Waals surface area (Å²) in [6.45, 7) is 1.90. The lowest BCUT2D eigenvalue weighted by Crippen LogP contribution is -2.47. The summed E-state index contributed by atoms with van der Waals surface area (Å²) in [6, 6.07) is 25.5. The predicted molar refractivity (Wildman–Crippen MR) is 120 cm³/mol. The predicted octanol–water partition coefficient (Wildman–Crippen LogP) is 5.21. The Morgan fingerprint density at radius 2 is 1.47 bits per heavy atom. The van der Waals surface area contributed by atoms with Crippen molar-refractivity contribution in [1.29, 1.82) is 0 Å². The van der Waals surface area contributed by atoms with E-state index in [4.69, 9.17) is 0 Å². The van der Waals surface area contributed by atoms with Crippen LogP contribution in [0, 0.1) is 6.92 Å². The van der Waals surface area contributed by atoms with Crippen molar-refractivity contribution in [2.45, 2.75) is 40.8 Å². The highest BCUT2D eigenvalue weighted by Crippen LogP contribution is 2.44. The van der Waals surface area contributed by atoms with Gasteiger partial charge in [-0.3, -0.25) is 4.79 Å². The second-order valence-electron chi connectivity index (χ2n) is 7.37. The zero-order chi connectivity index (χ0) is 21.1. The van der Waals surface area contributed by atoms with E-state index in [0.29, 0.717) is 6.42 Å². The number of sulfonamides is 1. The smallest absolute Gasteiger partial charge is 0.267 e. The molecule has 1 fully saturated rings. The fourth-order valence-electron chi connectivity index (χ4n) is 3.74. The van der Waals surface area contributed by atoms with Gasteiger partial charge in [-0.2, -0.15) is 0 Å². The van der Waals surface area contributed by atoms with E-state index in [2.05, 4.69) is 0 Å². The van der Waals surface area contributed by atoms with Crippen molar-refractivity contribution in [2.24, 2.45) is 0 Å². The number of amides is 1. The van der Waals surface area contributed by atoms with Gasteiger partial charge in [-0.1, -0.05) is 66.2 Å². The number of aryl methyl sites for hydroxylation is 1. The van der Waals surface area contributed by atoms with Crippen LogP contribution in [0.1, 0.15) is 30.0 Å². The molecule has 1 amide bonds. The van der Waals surface area contributed by atoms with E-state index in [9.17, 15) is 13.2 Å². The standard InChI is InChI=1S/C24H23NO3S2/c1-18-12-14-21(15-13-18)30(27,28)25-23(26)17-16-22(29-20-10-6-3-7-11-20)24(25)19-8-4-2-5-9-19/h2-15,22,24H,16-17H2,1H3/t22-,24+/m1/s1. The first-order chi connectivity index (χ1) is 14.5. The van der Waals surface area contributed by atoms with Crippen LogP contribution in [0.5, 0.6) is 0 Å². The number of piperidine rings is 1. The number of thioether (sulfide) groups is 1. The molecule has 0 spiro atoms. The summed E-state index contributed by atoms with van der Waals surface area (Å²) in [5, 5.41) is -0.0762. The maximum Gasteiger partial charge on any atom is 0.267 e. The van der Waals surface area contributed by atoms with Crippen LogP contribution in [-0.4, -0.2) is 23.9 Å². The third-order valence-electron chi connectivity index (χ3n) is 5.24. The minimum atomic E-state index is -3.98. The SMILES string of the molecule is Cc1ccc(S(=O)(=O)N2C(=O)CC[C@@H](Sc3ccccc3)[C@@H]2c2ccccc2)cc1. The van der Waals surface area contributed by atoms with Crippen molar-refractivity contribution < 1.29 is 13.2 Å². The van der Waals surface area contributed by atoms with Crippen LogP contribution in [0.4, 0.5) is 0 Å². The zero-order valence-corrected chi connectivity index (χ0v) is 18.3. The molecule has 0 radical (unpaired) electrons. The normalized spacial score (nSPS) is 19.6. The van der Waals surface area contributed by atoms with E-state index in [1.54, 1.807) is 36.0 Å². The number of rotatable bonds is 5. The van der Waals surface area contributed by atoms with Gasteiger partial charge in [0.2, 0.25) is 5.91 Å². The molecule has 3 aromatic carbocycles. The van der Waals surface area contributed by atoms with E-state index < -0.39 is 16.1 Å². The topological polar surface area (TPSA) is 54.5 Å². The molecule has 4 nitrogen and oxygen atoms in total. The highest BCUT2D eigenvalue weighted by molar-refractivity contribution is 8.00. The molecule has 0 unspecified atom stereocenters. The first kappa shape index (κ1) is 20.7. The number of hydrogen-bond acceptors (Lipinski definition) is 4. The van der Waals surface area contributed by atoms with E-state index in [1.807, 2.05) is 67.6 Å². The summed E-state index contributed by atoms with van der Waals surface area (Å²) in [4.78, 5) is 14.2. The molecule has 4 rings (SSSR count). The highest BCUT2D eigenvalue weighted by atomic mass is 32.2. The molecule has 154 valence electrons. The molecule has 1 saturated heterocycles. The van der Waals surface area contributed by atoms with Crippen LogP contribution < -0.4 is 0 Å². The monoisotopic (exact) mass is 437 g/mol. The Bertz CT molecular complexity index is 1110. The third kappa shape index (κ3) is 4.16. The quantitative estimate of drug-likeness (QED) is 0.550. The number of hydrogen-bond donors (Lipinski definition) is 0. The minimum absolute atomic E-state index is 0.0762. The van der Waals surface area contributed by atoms with Gasteiger partial charge in [-0.15, -0.1) is 11.8 Å². The molecular formula is C24H23NO3S2. The van der Waals surface area contributed by atoms with Gasteiger partial charge in [-0.25, -0.2) is 12.7 Å². The largest absolute Gasteiger partial charge is 0.274 e. The molecule has 6 heteroatoms. The van der Waals surface area contributed by atoms with Gasteiger partial charge in [0, 0.05) is 16.6 Å². The fourth-order valence-corrected chi connectivity index (χ4v) is 6.76. The van der Waals surface area contributed by atoms with Crippen molar-refractivity contribution >= 4 is 27.7 Å². The van der Waals surface area contributed by atoms with Gasteiger partial charge in [0.05, 0.1) is 10.9 Å². The number of benzene rings is 3. The Kier molecular flexibility index (Phi) is 5.97. The molecule has 1 aliphatic rings. The summed E-state index contributed by atoms with van der Waals surface area (Å²) in [5.74, 6) is -0.352. The van der Waals surface area contributed by atoms with Crippen molar-refractivity contribution in [2.75, 3.05) is 0 Å². The van der Waals surface area contributed by atoms with Crippen LogP contribution in [-0.2, 0) is 14.8 Å². The summed E-state index contributed by atoms with van der Waals surface area (Å²) in [6.07, 6.45) is 0.830. The molecule has 2 atom stereocenters. The maximum atomic E-state index is 13.6. The summed E-state index contributed by atoms with van der Waals surface area (Å²) < 4.78 is 28.3. The fraction of sp³-hybridized carbons (Fsp3) is 0.208. The van der Waals surface area contributed by atoms with Gasteiger partial charge in [0.25, 0.3) is 10.0 Å². The van der Waals surface area contributed by atoms with E-state index in [-0.39, 0.29) is 22.5 Å². The molecule has 1 heterocycles. The average Bonchev–Trinajstić information content (AvgIpc) is 2.76. The number of carbonyl (C=O) groups excluding carboxylic acids is 1.